The summed E-state index contributed by atoms with van der Waals surface area (Å²) in [5, 5.41) is 0. The summed E-state index contributed by atoms with van der Waals surface area (Å²) in [6.45, 7) is 0. The summed E-state index contributed by atoms with van der Waals surface area (Å²) in [4.78, 5) is 24.4. The normalized spacial score (nSPS) is 10.5. The Morgan fingerprint density at radius 3 is 2.67 bits per heavy atom. The number of H-pyrrole nitrogens is 1. The minimum Gasteiger partial charge on any atom is -0.465 e. The zero-order chi connectivity index (χ0) is 11.6. The van der Waals surface area contributed by atoms with Gasteiger partial charge in [-0.05, 0) is 22.6 Å². The first-order valence-electron chi connectivity index (χ1n) is 3.76. The predicted molar refractivity (Wildman–Crippen MR) is 56.1 cm³/mol. The third kappa shape index (κ3) is 2.33. The first-order chi connectivity index (χ1) is 6.99. The molecule has 1 aromatic heterocycles. The maximum absolute atomic E-state index is 12.5. The van der Waals surface area contributed by atoms with Crippen molar-refractivity contribution < 1.29 is 18.3 Å². The van der Waals surface area contributed by atoms with E-state index in [4.69, 9.17) is 0 Å². The molecule has 0 aromatic carbocycles. The molecule has 0 spiro atoms. The van der Waals surface area contributed by atoms with Crippen LogP contribution in [0.2, 0.25) is 0 Å². The molecule has 1 aromatic rings. The Bertz CT molecular complexity index is 444. The van der Waals surface area contributed by atoms with Gasteiger partial charge in [-0.2, -0.15) is 0 Å². The van der Waals surface area contributed by atoms with E-state index in [0.717, 1.165) is 13.3 Å². The number of methoxy groups -OCH3 is 1. The lowest BCUT2D eigenvalue weighted by Gasteiger charge is -2.07. The molecule has 0 atom stereocenters. The monoisotopic (exact) mass is 329 g/mol. The van der Waals surface area contributed by atoms with Crippen LogP contribution in [0, 0.1) is 3.57 Å². The Labute approximate surface area is 96.8 Å². The molecule has 0 saturated carbocycles. The Kier molecular flexibility index (Phi) is 3.77. The van der Waals surface area contributed by atoms with Crippen molar-refractivity contribution in [2.75, 3.05) is 7.11 Å². The summed E-state index contributed by atoms with van der Waals surface area (Å²) in [6.07, 6.45) is -2.02. The molecule has 0 aliphatic carbocycles. The van der Waals surface area contributed by atoms with E-state index < -0.39 is 23.5 Å². The topological polar surface area (TPSA) is 59.2 Å². The lowest BCUT2D eigenvalue weighted by Crippen LogP contribution is -2.19. The summed E-state index contributed by atoms with van der Waals surface area (Å²) in [7, 11) is 1.06. The van der Waals surface area contributed by atoms with Gasteiger partial charge in [-0.15, -0.1) is 0 Å². The van der Waals surface area contributed by atoms with Gasteiger partial charge in [0.15, 0.2) is 0 Å². The highest BCUT2D eigenvalue weighted by Gasteiger charge is 2.23. The van der Waals surface area contributed by atoms with Crippen molar-refractivity contribution in [3.05, 3.63) is 31.2 Å². The molecule has 82 valence electrons. The molecule has 1 heterocycles. The lowest BCUT2D eigenvalue weighted by molar-refractivity contribution is 0.0587. The van der Waals surface area contributed by atoms with E-state index in [1.165, 1.54) is 22.6 Å². The quantitative estimate of drug-likeness (QED) is 0.664. The number of nitrogens with one attached hydrogen (secondary N) is 1. The highest BCUT2D eigenvalue weighted by Crippen LogP contribution is 2.24. The number of carbonyl (C=O) groups excluding carboxylic acids is 1. The minimum atomic E-state index is -2.84. The fourth-order valence-electron chi connectivity index (χ4n) is 1.00. The number of rotatable bonds is 2. The molecule has 0 fully saturated rings. The van der Waals surface area contributed by atoms with Crippen LogP contribution in [-0.2, 0) is 4.74 Å². The van der Waals surface area contributed by atoms with Crippen molar-refractivity contribution in [2.24, 2.45) is 0 Å². The van der Waals surface area contributed by atoms with E-state index >= 15 is 0 Å². The van der Waals surface area contributed by atoms with Gasteiger partial charge >= 0.3 is 5.97 Å². The number of ether oxygens (including phenoxy) is 1. The number of hydrogen-bond donors (Lipinski definition) is 1. The van der Waals surface area contributed by atoms with Gasteiger partial charge < -0.3 is 9.72 Å². The van der Waals surface area contributed by atoms with Crippen LogP contribution in [0.5, 0.6) is 0 Å². The van der Waals surface area contributed by atoms with Gasteiger partial charge in [0, 0.05) is 11.8 Å². The molecule has 1 N–H and O–H groups in total. The maximum atomic E-state index is 12.5. The first kappa shape index (κ1) is 12.1. The summed E-state index contributed by atoms with van der Waals surface area (Å²) in [5.74, 6) is -0.944. The first-order valence-corrected chi connectivity index (χ1v) is 4.84. The van der Waals surface area contributed by atoms with Gasteiger partial charge in [-0.25, -0.2) is 13.6 Å². The molecule has 0 radical (unpaired) electrons. The maximum Gasteiger partial charge on any atom is 0.339 e. The predicted octanol–water partition coefficient (Wildman–Crippen LogP) is 1.70. The average molecular weight is 329 g/mol. The molecule has 0 unspecified atom stereocenters. The fourth-order valence-corrected chi connectivity index (χ4v) is 1.69. The fraction of sp³-hybridized carbons (Fsp3) is 0.250. The minimum absolute atomic E-state index is 0.0998. The zero-order valence-corrected chi connectivity index (χ0v) is 9.67. The number of halogens is 3. The molecular formula is C8H6F2INO3. The van der Waals surface area contributed by atoms with Gasteiger partial charge in [0.25, 0.3) is 12.0 Å². The van der Waals surface area contributed by atoms with E-state index in [1.54, 1.807) is 0 Å². The van der Waals surface area contributed by atoms with Crippen molar-refractivity contribution in [1.82, 2.24) is 4.98 Å². The summed E-state index contributed by atoms with van der Waals surface area (Å²) >= 11 is 1.52. The Morgan fingerprint density at radius 2 is 2.20 bits per heavy atom. The van der Waals surface area contributed by atoms with Crippen molar-refractivity contribution >= 4 is 28.6 Å². The van der Waals surface area contributed by atoms with Gasteiger partial charge in [0.2, 0.25) is 0 Å². The Morgan fingerprint density at radius 1 is 1.60 bits per heavy atom. The molecule has 7 heteroatoms. The summed E-state index contributed by atoms with van der Waals surface area (Å²) in [6, 6.07) is 0. The van der Waals surface area contributed by atoms with E-state index in [2.05, 4.69) is 9.72 Å². The van der Waals surface area contributed by atoms with Gasteiger partial charge in [-0.1, -0.05) is 0 Å². The molecular weight excluding hydrogens is 323 g/mol. The summed E-state index contributed by atoms with van der Waals surface area (Å²) in [5.41, 5.74) is -1.51. The molecule has 0 amide bonds. The van der Waals surface area contributed by atoms with Crippen molar-refractivity contribution in [3.8, 4) is 0 Å². The molecule has 15 heavy (non-hydrogen) atoms. The highest BCUT2D eigenvalue weighted by molar-refractivity contribution is 14.1. The van der Waals surface area contributed by atoms with Crippen LogP contribution in [0.4, 0.5) is 8.78 Å². The molecule has 0 saturated heterocycles. The lowest BCUT2D eigenvalue weighted by atomic mass is 10.1. The number of aromatic amines is 1. The van der Waals surface area contributed by atoms with Gasteiger partial charge in [0.05, 0.1) is 16.2 Å². The van der Waals surface area contributed by atoms with Crippen LogP contribution < -0.4 is 5.56 Å². The third-order valence-electron chi connectivity index (χ3n) is 1.69. The molecule has 4 nitrogen and oxygen atoms in total. The smallest absolute Gasteiger partial charge is 0.339 e. The number of carbonyl (C=O) groups is 1. The van der Waals surface area contributed by atoms with Crippen molar-refractivity contribution in [3.63, 3.8) is 0 Å². The molecule has 0 bridgehead atoms. The number of aromatic nitrogens is 1. The van der Waals surface area contributed by atoms with Crippen LogP contribution in [0.3, 0.4) is 0 Å². The number of esters is 1. The SMILES string of the molecule is COC(=O)c1c(C(F)F)c[nH]c(=O)c1I. The Hall–Kier alpha value is -0.990. The molecule has 0 aliphatic heterocycles. The van der Waals surface area contributed by atoms with E-state index in [1.807, 2.05) is 0 Å². The van der Waals surface area contributed by atoms with E-state index in [-0.39, 0.29) is 9.13 Å². The van der Waals surface area contributed by atoms with Crippen LogP contribution in [-0.4, -0.2) is 18.1 Å². The van der Waals surface area contributed by atoms with Crippen LogP contribution in [0.1, 0.15) is 22.3 Å². The number of hydrogen-bond acceptors (Lipinski definition) is 3. The van der Waals surface area contributed by atoms with Gasteiger partial charge in [-0.3, -0.25) is 4.79 Å². The van der Waals surface area contributed by atoms with Gasteiger partial charge in [0.1, 0.15) is 0 Å². The van der Waals surface area contributed by atoms with Crippen molar-refractivity contribution in [2.45, 2.75) is 6.43 Å². The van der Waals surface area contributed by atoms with E-state index in [9.17, 15) is 18.4 Å². The number of pyridine rings is 1. The Balaban J connectivity index is 3.48. The average Bonchev–Trinajstić information content (AvgIpc) is 2.20. The second kappa shape index (κ2) is 4.69. The molecule has 1 rings (SSSR count). The van der Waals surface area contributed by atoms with Crippen LogP contribution in [0.25, 0.3) is 0 Å². The second-order valence-corrected chi connectivity index (χ2v) is 3.63. The highest BCUT2D eigenvalue weighted by atomic mass is 127. The molecule has 0 aliphatic rings. The van der Waals surface area contributed by atoms with Crippen LogP contribution in [0.15, 0.2) is 11.0 Å². The standard InChI is InChI=1S/C8H6F2INO3/c1-15-8(14)4-3(6(9)10)2-12-7(13)5(4)11/h2,6H,1H3,(H,12,13). The number of alkyl halides is 2. The van der Waals surface area contributed by atoms with E-state index in [0.29, 0.717) is 0 Å². The second-order valence-electron chi connectivity index (χ2n) is 2.55. The van der Waals surface area contributed by atoms with Crippen LogP contribution >= 0.6 is 22.6 Å². The van der Waals surface area contributed by atoms with Crippen molar-refractivity contribution in [1.29, 1.82) is 0 Å². The largest absolute Gasteiger partial charge is 0.465 e. The third-order valence-corrected chi connectivity index (χ3v) is 2.72. The zero-order valence-electron chi connectivity index (χ0n) is 7.51. The summed E-state index contributed by atoms with van der Waals surface area (Å²) < 4.78 is 29.2.